The van der Waals surface area contributed by atoms with Gasteiger partial charge in [-0.05, 0) is 23.4 Å². The van der Waals surface area contributed by atoms with Gasteiger partial charge in [0.1, 0.15) is 6.33 Å². The third-order valence-corrected chi connectivity index (χ3v) is 2.70. The molecule has 0 unspecified atom stereocenters. The van der Waals surface area contributed by atoms with E-state index in [1.165, 1.54) is 5.56 Å². The van der Waals surface area contributed by atoms with Crippen LogP contribution in [0.5, 0.6) is 0 Å². The summed E-state index contributed by atoms with van der Waals surface area (Å²) >= 11 is 1.70. The van der Waals surface area contributed by atoms with Gasteiger partial charge in [0.2, 0.25) is 0 Å². The number of aryl methyl sites for hydroxylation is 1. The number of nitrogens with one attached hydrogen (secondary N) is 1. The summed E-state index contributed by atoms with van der Waals surface area (Å²) in [6, 6.07) is 2.14. The highest BCUT2D eigenvalue weighted by atomic mass is 32.1. The summed E-state index contributed by atoms with van der Waals surface area (Å²) in [5.74, 6) is 0.861. The van der Waals surface area contributed by atoms with Crippen molar-refractivity contribution in [3.63, 3.8) is 0 Å². The number of rotatable bonds is 2. The van der Waals surface area contributed by atoms with Crippen molar-refractivity contribution in [2.24, 2.45) is 0 Å². The zero-order chi connectivity index (χ0) is 8.39. The van der Waals surface area contributed by atoms with Gasteiger partial charge in [0.05, 0.1) is 4.88 Å². The van der Waals surface area contributed by atoms with E-state index in [1.807, 2.05) is 0 Å². The van der Waals surface area contributed by atoms with E-state index in [0.29, 0.717) is 0 Å². The molecule has 2 rings (SSSR count). The summed E-state index contributed by atoms with van der Waals surface area (Å²) in [5, 5.41) is 9.82. The van der Waals surface area contributed by atoms with Crippen molar-refractivity contribution in [3.05, 3.63) is 23.3 Å². The number of H-pyrrole nitrogens is 1. The van der Waals surface area contributed by atoms with Crippen LogP contribution in [0.15, 0.2) is 17.8 Å². The molecule has 1 N–H and O–H groups in total. The Bertz CT molecular complexity index is 350. The summed E-state index contributed by atoms with van der Waals surface area (Å²) in [4.78, 5) is 4.14. The van der Waals surface area contributed by atoms with E-state index >= 15 is 0 Å². The molecule has 2 aromatic heterocycles. The molecule has 12 heavy (non-hydrogen) atoms. The van der Waals surface area contributed by atoms with Gasteiger partial charge in [0.25, 0.3) is 0 Å². The van der Waals surface area contributed by atoms with Gasteiger partial charge in [-0.3, -0.25) is 0 Å². The summed E-state index contributed by atoms with van der Waals surface area (Å²) in [7, 11) is 0. The molecule has 4 heteroatoms. The Morgan fingerprint density at radius 1 is 1.58 bits per heavy atom. The van der Waals surface area contributed by atoms with Crippen LogP contribution >= 0.6 is 11.3 Å². The number of hydrogen-bond donors (Lipinski definition) is 1. The van der Waals surface area contributed by atoms with Crippen LogP contribution in [0.1, 0.15) is 12.5 Å². The van der Waals surface area contributed by atoms with Crippen molar-refractivity contribution in [1.82, 2.24) is 15.2 Å². The van der Waals surface area contributed by atoms with Crippen molar-refractivity contribution in [2.45, 2.75) is 13.3 Å². The van der Waals surface area contributed by atoms with Crippen LogP contribution in [0.3, 0.4) is 0 Å². The smallest absolute Gasteiger partial charge is 0.171 e. The van der Waals surface area contributed by atoms with Crippen LogP contribution in [-0.4, -0.2) is 15.2 Å². The van der Waals surface area contributed by atoms with Crippen molar-refractivity contribution in [3.8, 4) is 10.7 Å². The van der Waals surface area contributed by atoms with Crippen molar-refractivity contribution < 1.29 is 0 Å². The zero-order valence-electron chi connectivity index (χ0n) is 6.74. The molecule has 0 amide bonds. The van der Waals surface area contributed by atoms with Crippen molar-refractivity contribution >= 4 is 11.3 Å². The predicted molar refractivity (Wildman–Crippen MR) is 49.1 cm³/mol. The van der Waals surface area contributed by atoms with Gasteiger partial charge in [-0.15, -0.1) is 21.5 Å². The van der Waals surface area contributed by atoms with E-state index in [4.69, 9.17) is 0 Å². The fourth-order valence-electron chi connectivity index (χ4n) is 1.01. The topological polar surface area (TPSA) is 41.6 Å². The second-order valence-corrected chi connectivity index (χ2v) is 3.42. The Kier molecular flexibility index (Phi) is 1.91. The van der Waals surface area contributed by atoms with Crippen molar-refractivity contribution in [1.29, 1.82) is 0 Å². The maximum absolute atomic E-state index is 3.94. The first kappa shape index (κ1) is 7.49. The molecule has 0 atom stereocenters. The first-order valence-corrected chi connectivity index (χ1v) is 4.72. The van der Waals surface area contributed by atoms with E-state index in [1.54, 1.807) is 17.7 Å². The molecule has 3 nitrogen and oxygen atoms in total. The lowest BCUT2D eigenvalue weighted by Gasteiger charge is -1.85. The second-order valence-electron chi connectivity index (χ2n) is 2.51. The Morgan fingerprint density at radius 2 is 2.50 bits per heavy atom. The molecule has 0 fully saturated rings. The normalized spacial score (nSPS) is 10.4. The van der Waals surface area contributed by atoms with Gasteiger partial charge in [0.15, 0.2) is 5.82 Å². The molecule has 0 aliphatic rings. The van der Waals surface area contributed by atoms with Crippen LogP contribution in [0.4, 0.5) is 0 Å². The number of nitrogens with zero attached hydrogens (tertiary/aromatic N) is 2. The highest BCUT2D eigenvalue weighted by molar-refractivity contribution is 7.13. The zero-order valence-corrected chi connectivity index (χ0v) is 7.56. The average molecular weight is 179 g/mol. The summed E-state index contributed by atoms with van der Waals surface area (Å²) < 4.78 is 0. The molecule has 0 aromatic carbocycles. The SMILES string of the molecule is CCc1csc(-c2nnc[nH]2)c1. The van der Waals surface area contributed by atoms with Gasteiger partial charge in [-0.1, -0.05) is 6.92 Å². The molecule has 0 aliphatic heterocycles. The fraction of sp³-hybridized carbons (Fsp3) is 0.250. The highest BCUT2D eigenvalue weighted by Crippen LogP contribution is 2.23. The van der Waals surface area contributed by atoms with E-state index in [2.05, 4.69) is 33.6 Å². The second kappa shape index (κ2) is 3.06. The Balaban J connectivity index is 2.35. The lowest BCUT2D eigenvalue weighted by Crippen LogP contribution is -1.75. The van der Waals surface area contributed by atoms with E-state index in [9.17, 15) is 0 Å². The maximum Gasteiger partial charge on any atom is 0.171 e. The molecule has 0 radical (unpaired) electrons. The molecule has 0 saturated carbocycles. The number of aromatic amines is 1. The van der Waals surface area contributed by atoms with Crippen LogP contribution in [0.25, 0.3) is 10.7 Å². The molecular formula is C8H9N3S. The molecule has 0 saturated heterocycles. The standard InChI is InChI=1S/C8H9N3S/c1-2-6-3-7(12-4-6)8-9-5-10-11-8/h3-5H,2H2,1H3,(H,9,10,11). The van der Waals surface area contributed by atoms with Gasteiger partial charge in [-0.2, -0.15) is 0 Å². The summed E-state index contributed by atoms with van der Waals surface area (Å²) in [5.41, 5.74) is 1.35. The fourth-order valence-corrected chi connectivity index (χ4v) is 1.95. The number of aromatic nitrogens is 3. The third kappa shape index (κ3) is 1.25. The first-order valence-electron chi connectivity index (χ1n) is 3.84. The molecule has 0 spiro atoms. The van der Waals surface area contributed by atoms with Gasteiger partial charge in [-0.25, -0.2) is 0 Å². The lowest BCUT2D eigenvalue weighted by atomic mass is 10.2. The molecule has 0 bridgehead atoms. The monoisotopic (exact) mass is 179 g/mol. The molecule has 2 heterocycles. The summed E-state index contributed by atoms with van der Waals surface area (Å²) in [6.07, 6.45) is 2.67. The van der Waals surface area contributed by atoms with Crippen LogP contribution in [-0.2, 0) is 6.42 Å². The molecular weight excluding hydrogens is 170 g/mol. The number of hydrogen-bond acceptors (Lipinski definition) is 3. The van der Waals surface area contributed by atoms with Crippen LogP contribution < -0.4 is 0 Å². The largest absolute Gasteiger partial charge is 0.327 e. The summed E-state index contributed by atoms with van der Waals surface area (Å²) in [6.45, 7) is 2.15. The van der Waals surface area contributed by atoms with Crippen molar-refractivity contribution in [2.75, 3.05) is 0 Å². The van der Waals surface area contributed by atoms with Gasteiger partial charge < -0.3 is 4.98 Å². The van der Waals surface area contributed by atoms with Gasteiger partial charge in [0, 0.05) is 0 Å². The Labute approximate surface area is 74.5 Å². The lowest BCUT2D eigenvalue weighted by molar-refractivity contribution is 1.10. The van der Waals surface area contributed by atoms with Gasteiger partial charge >= 0.3 is 0 Å². The minimum atomic E-state index is 0.861. The van der Waals surface area contributed by atoms with Crippen LogP contribution in [0, 0.1) is 0 Å². The predicted octanol–water partition coefficient (Wildman–Crippen LogP) is 2.10. The first-order chi connectivity index (χ1) is 5.90. The van der Waals surface area contributed by atoms with E-state index in [-0.39, 0.29) is 0 Å². The average Bonchev–Trinajstić information content (AvgIpc) is 2.75. The number of thiophene rings is 1. The minimum absolute atomic E-state index is 0.861. The Hall–Kier alpha value is -1.16. The molecule has 62 valence electrons. The van der Waals surface area contributed by atoms with E-state index < -0.39 is 0 Å². The third-order valence-electron chi connectivity index (χ3n) is 1.71. The quantitative estimate of drug-likeness (QED) is 0.767. The van der Waals surface area contributed by atoms with E-state index in [0.717, 1.165) is 17.1 Å². The maximum atomic E-state index is 3.94. The van der Waals surface area contributed by atoms with Crippen LogP contribution in [0.2, 0.25) is 0 Å². The Morgan fingerprint density at radius 3 is 3.08 bits per heavy atom. The highest BCUT2D eigenvalue weighted by Gasteiger charge is 2.03. The molecule has 2 aromatic rings. The molecule has 0 aliphatic carbocycles. The minimum Gasteiger partial charge on any atom is -0.327 e.